The molecule has 0 radical (unpaired) electrons. The summed E-state index contributed by atoms with van der Waals surface area (Å²) in [7, 11) is 0. The second-order valence-corrected chi connectivity index (χ2v) is 3.46. The number of para-hydroxylation sites is 1. The highest BCUT2D eigenvalue weighted by atomic mass is 16.1. The molecule has 0 N–H and O–H groups in total. The molecule has 0 atom stereocenters. The summed E-state index contributed by atoms with van der Waals surface area (Å²) >= 11 is 0. The third-order valence-corrected chi connectivity index (χ3v) is 2.48. The number of nitrogens with zero attached hydrogens (tertiary/aromatic N) is 1. The molecule has 0 aliphatic heterocycles. The molecule has 0 aliphatic carbocycles. The summed E-state index contributed by atoms with van der Waals surface area (Å²) in [4.78, 5) is 11.7. The van der Waals surface area contributed by atoms with Crippen molar-refractivity contribution >= 4 is 10.9 Å². The van der Waals surface area contributed by atoms with Crippen molar-refractivity contribution in [2.45, 2.75) is 13.5 Å². The van der Waals surface area contributed by atoms with E-state index in [0.29, 0.717) is 6.54 Å². The number of aryl methyl sites for hydroxylation is 1. The maximum absolute atomic E-state index is 11.7. The van der Waals surface area contributed by atoms with Crippen molar-refractivity contribution in [2.24, 2.45) is 0 Å². The summed E-state index contributed by atoms with van der Waals surface area (Å²) in [5.41, 5.74) is 1.86. The van der Waals surface area contributed by atoms with Crippen LogP contribution in [0.15, 0.2) is 35.1 Å². The van der Waals surface area contributed by atoms with Gasteiger partial charge in [-0.05, 0) is 19.1 Å². The molecule has 0 saturated heterocycles. The second kappa shape index (κ2) is 3.62. The van der Waals surface area contributed by atoms with E-state index in [4.69, 9.17) is 6.42 Å². The van der Waals surface area contributed by atoms with Crippen molar-refractivity contribution in [1.29, 1.82) is 0 Å². The Morgan fingerprint density at radius 2 is 2.13 bits per heavy atom. The summed E-state index contributed by atoms with van der Waals surface area (Å²) in [5.74, 6) is 2.60. The van der Waals surface area contributed by atoms with Gasteiger partial charge in [0.1, 0.15) is 0 Å². The molecule has 0 amide bonds. The van der Waals surface area contributed by atoms with Gasteiger partial charge in [-0.15, -0.1) is 6.42 Å². The summed E-state index contributed by atoms with van der Waals surface area (Å²) in [6.07, 6.45) is 5.31. The van der Waals surface area contributed by atoms with Crippen molar-refractivity contribution in [3.05, 3.63) is 46.2 Å². The number of hydrogen-bond acceptors (Lipinski definition) is 1. The normalized spacial score (nSPS) is 10.1. The van der Waals surface area contributed by atoms with Crippen LogP contribution in [0.25, 0.3) is 10.9 Å². The van der Waals surface area contributed by atoms with Crippen LogP contribution >= 0.6 is 0 Å². The molecule has 0 spiro atoms. The van der Waals surface area contributed by atoms with E-state index in [2.05, 4.69) is 5.92 Å². The van der Waals surface area contributed by atoms with Gasteiger partial charge in [0.2, 0.25) is 0 Å². The van der Waals surface area contributed by atoms with Crippen molar-refractivity contribution in [2.75, 3.05) is 0 Å². The van der Waals surface area contributed by atoms with E-state index in [0.717, 1.165) is 16.6 Å². The zero-order valence-corrected chi connectivity index (χ0v) is 8.53. The predicted molar refractivity (Wildman–Crippen MR) is 61.8 cm³/mol. The van der Waals surface area contributed by atoms with E-state index in [-0.39, 0.29) is 5.43 Å². The van der Waals surface area contributed by atoms with Gasteiger partial charge in [-0.3, -0.25) is 4.79 Å². The van der Waals surface area contributed by atoms with Gasteiger partial charge in [-0.1, -0.05) is 18.1 Å². The highest BCUT2D eigenvalue weighted by Gasteiger charge is 2.03. The first-order valence-corrected chi connectivity index (χ1v) is 4.76. The molecule has 0 saturated carbocycles. The SMILES string of the molecule is C#CCn1c(C)cc(=O)c2ccccc21. The number of aromatic nitrogens is 1. The lowest BCUT2D eigenvalue weighted by Gasteiger charge is -2.10. The van der Waals surface area contributed by atoms with Crippen LogP contribution < -0.4 is 5.43 Å². The third kappa shape index (κ3) is 1.53. The van der Waals surface area contributed by atoms with Gasteiger partial charge in [-0.25, -0.2) is 0 Å². The molecule has 2 heteroatoms. The molecular formula is C13H11NO. The highest BCUT2D eigenvalue weighted by molar-refractivity contribution is 5.79. The van der Waals surface area contributed by atoms with Crippen molar-refractivity contribution in [3.63, 3.8) is 0 Å². The van der Waals surface area contributed by atoms with Gasteiger partial charge < -0.3 is 4.57 Å². The molecule has 2 rings (SSSR count). The molecule has 0 unspecified atom stereocenters. The molecule has 2 aromatic rings. The Morgan fingerprint density at radius 3 is 2.87 bits per heavy atom. The smallest absolute Gasteiger partial charge is 0.189 e. The van der Waals surface area contributed by atoms with Crippen LogP contribution in [0.1, 0.15) is 5.69 Å². The predicted octanol–water partition coefficient (Wildman–Crippen LogP) is 1.94. The summed E-state index contributed by atoms with van der Waals surface area (Å²) in [6, 6.07) is 9.14. The second-order valence-electron chi connectivity index (χ2n) is 3.46. The number of benzene rings is 1. The van der Waals surface area contributed by atoms with Gasteiger partial charge in [0.05, 0.1) is 12.1 Å². The van der Waals surface area contributed by atoms with Gasteiger partial charge in [0.15, 0.2) is 5.43 Å². The topological polar surface area (TPSA) is 22.0 Å². The fraction of sp³-hybridized carbons (Fsp3) is 0.154. The Hall–Kier alpha value is -2.01. The standard InChI is InChI=1S/C13H11NO/c1-3-8-14-10(2)9-13(15)11-6-4-5-7-12(11)14/h1,4-7,9H,8H2,2H3. The van der Waals surface area contributed by atoms with E-state index < -0.39 is 0 Å². The molecular weight excluding hydrogens is 186 g/mol. The lowest BCUT2D eigenvalue weighted by molar-refractivity contribution is 0.832. The zero-order chi connectivity index (χ0) is 10.8. The monoisotopic (exact) mass is 197 g/mol. The molecule has 74 valence electrons. The lowest BCUT2D eigenvalue weighted by atomic mass is 10.2. The van der Waals surface area contributed by atoms with E-state index in [1.54, 1.807) is 6.07 Å². The van der Waals surface area contributed by atoms with Crippen LogP contribution in [0.3, 0.4) is 0 Å². The molecule has 1 aromatic carbocycles. The Bertz CT molecular complexity index is 602. The fourth-order valence-electron chi connectivity index (χ4n) is 1.75. The van der Waals surface area contributed by atoms with Gasteiger partial charge in [0.25, 0.3) is 0 Å². The van der Waals surface area contributed by atoms with Crippen LogP contribution in [-0.2, 0) is 6.54 Å². The minimum atomic E-state index is 0.0522. The summed E-state index contributed by atoms with van der Waals surface area (Å²) in [6.45, 7) is 2.39. The summed E-state index contributed by atoms with van der Waals surface area (Å²) in [5, 5.41) is 0.721. The Morgan fingerprint density at radius 1 is 1.40 bits per heavy atom. The molecule has 0 bridgehead atoms. The lowest BCUT2D eigenvalue weighted by Crippen LogP contribution is -2.11. The summed E-state index contributed by atoms with van der Waals surface area (Å²) < 4.78 is 1.97. The third-order valence-electron chi connectivity index (χ3n) is 2.48. The Kier molecular flexibility index (Phi) is 2.31. The molecule has 2 nitrogen and oxygen atoms in total. The number of fused-ring (bicyclic) bond motifs is 1. The zero-order valence-electron chi connectivity index (χ0n) is 8.53. The average molecular weight is 197 g/mol. The largest absolute Gasteiger partial charge is 0.333 e. The van der Waals surface area contributed by atoms with Crippen LogP contribution in [-0.4, -0.2) is 4.57 Å². The number of terminal acetylenes is 1. The minimum absolute atomic E-state index is 0.0522. The Balaban J connectivity index is 2.91. The number of hydrogen-bond donors (Lipinski definition) is 0. The van der Waals surface area contributed by atoms with Crippen LogP contribution in [0.5, 0.6) is 0 Å². The first-order chi connectivity index (χ1) is 7.24. The molecule has 1 heterocycles. The van der Waals surface area contributed by atoms with Crippen LogP contribution in [0.2, 0.25) is 0 Å². The van der Waals surface area contributed by atoms with Gasteiger partial charge >= 0.3 is 0 Å². The first-order valence-electron chi connectivity index (χ1n) is 4.76. The quantitative estimate of drug-likeness (QED) is 0.640. The number of rotatable bonds is 1. The van der Waals surface area contributed by atoms with E-state index >= 15 is 0 Å². The Labute approximate surface area is 88.2 Å². The van der Waals surface area contributed by atoms with Crippen molar-refractivity contribution < 1.29 is 0 Å². The average Bonchev–Trinajstić information content (AvgIpc) is 2.24. The van der Waals surface area contributed by atoms with Crippen LogP contribution in [0.4, 0.5) is 0 Å². The first kappa shape index (κ1) is 9.54. The van der Waals surface area contributed by atoms with Crippen molar-refractivity contribution in [1.82, 2.24) is 4.57 Å². The molecule has 1 aromatic heterocycles. The van der Waals surface area contributed by atoms with Gasteiger partial charge in [-0.2, -0.15) is 0 Å². The maximum Gasteiger partial charge on any atom is 0.189 e. The maximum atomic E-state index is 11.7. The fourth-order valence-corrected chi connectivity index (χ4v) is 1.75. The van der Waals surface area contributed by atoms with E-state index in [1.165, 1.54) is 0 Å². The number of pyridine rings is 1. The molecule has 0 fully saturated rings. The molecule has 0 aliphatic rings. The minimum Gasteiger partial charge on any atom is -0.333 e. The van der Waals surface area contributed by atoms with Gasteiger partial charge in [0, 0.05) is 17.1 Å². The van der Waals surface area contributed by atoms with Crippen LogP contribution in [0, 0.1) is 19.3 Å². The van der Waals surface area contributed by atoms with E-state index in [1.807, 2.05) is 35.8 Å². The highest BCUT2D eigenvalue weighted by Crippen LogP contribution is 2.11. The molecule has 15 heavy (non-hydrogen) atoms. The van der Waals surface area contributed by atoms with E-state index in [9.17, 15) is 4.79 Å². The van der Waals surface area contributed by atoms with Crippen molar-refractivity contribution in [3.8, 4) is 12.3 Å².